The number of rotatable bonds is 6. The highest BCUT2D eigenvalue weighted by molar-refractivity contribution is 5.85. The van der Waals surface area contributed by atoms with Crippen molar-refractivity contribution in [1.29, 1.82) is 0 Å². The van der Waals surface area contributed by atoms with Crippen LogP contribution in [-0.2, 0) is 19.4 Å². The van der Waals surface area contributed by atoms with E-state index in [1.165, 1.54) is 12.8 Å². The van der Waals surface area contributed by atoms with Crippen molar-refractivity contribution in [3.05, 3.63) is 42.2 Å². The maximum atomic E-state index is 4.85. The number of nitrogens with one attached hydrogen (secondary N) is 1. The Labute approximate surface area is 177 Å². The Balaban J connectivity index is 0.00000140. The molecule has 3 aromatic rings. The molecule has 1 aliphatic heterocycles. The van der Waals surface area contributed by atoms with Crippen LogP contribution in [0.25, 0.3) is 17.3 Å². The van der Waals surface area contributed by atoms with Crippen LogP contribution in [0, 0.1) is 0 Å². The Bertz CT molecular complexity index is 837. The monoisotopic (exact) mass is 423 g/mol. The van der Waals surface area contributed by atoms with Crippen LogP contribution in [0.5, 0.6) is 0 Å². The number of fused-ring (bicyclic) bond motifs is 1. The number of nitrogens with zero attached hydrogens (tertiary/aromatic N) is 6. The molecule has 4 rings (SSSR count). The fourth-order valence-corrected chi connectivity index (χ4v) is 3.28. The van der Waals surface area contributed by atoms with Gasteiger partial charge in [0, 0.05) is 44.9 Å². The SMILES string of the molecule is CCCCCc1nc(-c2cn3c(n2)CCNCC3)n(-c2ccccn2)n1.Cl.Cl. The number of pyridine rings is 1. The number of hydrogen-bond acceptors (Lipinski definition) is 5. The highest BCUT2D eigenvalue weighted by Crippen LogP contribution is 2.21. The number of unbranched alkanes of at least 4 members (excludes halogenated alkanes) is 2. The van der Waals surface area contributed by atoms with Crippen molar-refractivity contribution < 1.29 is 0 Å². The number of aryl methyl sites for hydroxylation is 1. The van der Waals surface area contributed by atoms with Gasteiger partial charge in [-0.2, -0.15) is 4.68 Å². The van der Waals surface area contributed by atoms with E-state index in [-0.39, 0.29) is 24.8 Å². The van der Waals surface area contributed by atoms with E-state index in [2.05, 4.69) is 28.0 Å². The third-order valence-electron chi connectivity index (χ3n) is 4.66. The first kappa shape index (κ1) is 22.3. The van der Waals surface area contributed by atoms with Gasteiger partial charge in [-0.15, -0.1) is 29.9 Å². The molecule has 0 fully saturated rings. The molecule has 0 saturated carbocycles. The van der Waals surface area contributed by atoms with Crippen LogP contribution >= 0.6 is 24.8 Å². The Morgan fingerprint density at radius 3 is 2.79 bits per heavy atom. The molecule has 0 bridgehead atoms. The molecule has 152 valence electrons. The quantitative estimate of drug-likeness (QED) is 0.615. The third-order valence-corrected chi connectivity index (χ3v) is 4.66. The fourth-order valence-electron chi connectivity index (χ4n) is 3.28. The molecular weight excluding hydrogens is 397 g/mol. The minimum absolute atomic E-state index is 0. The van der Waals surface area contributed by atoms with E-state index in [0.717, 1.165) is 67.9 Å². The Morgan fingerprint density at radius 2 is 2.00 bits per heavy atom. The van der Waals surface area contributed by atoms with E-state index in [0.29, 0.717) is 0 Å². The van der Waals surface area contributed by atoms with Crippen molar-refractivity contribution in [3.63, 3.8) is 0 Å². The number of halogens is 2. The molecule has 0 spiro atoms. The molecule has 0 aromatic carbocycles. The first-order chi connectivity index (χ1) is 12.8. The summed E-state index contributed by atoms with van der Waals surface area (Å²) in [7, 11) is 0. The van der Waals surface area contributed by atoms with Gasteiger partial charge in [-0.3, -0.25) is 0 Å². The smallest absolute Gasteiger partial charge is 0.185 e. The average molecular weight is 424 g/mol. The normalized spacial score (nSPS) is 13.2. The molecule has 4 heterocycles. The second kappa shape index (κ2) is 10.5. The summed E-state index contributed by atoms with van der Waals surface area (Å²) < 4.78 is 4.06. The van der Waals surface area contributed by atoms with E-state index in [9.17, 15) is 0 Å². The van der Waals surface area contributed by atoms with Crippen LogP contribution in [0.2, 0.25) is 0 Å². The van der Waals surface area contributed by atoms with Crippen LogP contribution in [0.4, 0.5) is 0 Å². The van der Waals surface area contributed by atoms with E-state index < -0.39 is 0 Å². The second-order valence-electron chi connectivity index (χ2n) is 6.64. The summed E-state index contributed by atoms with van der Waals surface area (Å²) in [4.78, 5) is 14.1. The summed E-state index contributed by atoms with van der Waals surface area (Å²) in [6.07, 6.45) is 9.19. The predicted octanol–water partition coefficient (Wildman–Crippen LogP) is 3.25. The lowest BCUT2D eigenvalue weighted by molar-refractivity contribution is 0.646. The summed E-state index contributed by atoms with van der Waals surface area (Å²) in [5.74, 6) is 3.53. The van der Waals surface area contributed by atoms with Gasteiger partial charge in [0.25, 0.3) is 0 Å². The minimum atomic E-state index is 0. The van der Waals surface area contributed by atoms with Gasteiger partial charge in [0.15, 0.2) is 17.5 Å². The summed E-state index contributed by atoms with van der Waals surface area (Å²) in [6.45, 7) is 5.07. The van der Waals surface area contributed by atoms with Crippen molar-refractivity contribution in [2.24, 2.45) is 0 Å². The molecule has 0 aliphatic carbocycles. The Morgan fingerprint density at radius 1 is 1.11 bits per heavy atom. The van der Waals surface area contributed by atoms with E-state index in [1.54, 1.807) is 6.20 Å². The van der Waals surface area contributed by atoms with Gasteiger partial charge in [0.2, 0.25) is 0 Å². The number of hydrogen-bond donors (Lipinski definition) is 1. The number of aromatic nitrogens is 6. The predicted molar refractivity (Wildman–Crippen MR) is 115 cm³/mol. The molecule has 0 atom stereocenters. The molecule has 9 heteroatoms. The van der Waals surface area contributed by atoms with Crippen LogP contribution in [-0.4, -0.2) is 42.4 Å². The molecular formula is C19H27Cl2N7. The first-order valence-electron chi connectivity index (χ1n) is 9.49. The second-order valence-corrected chi connectivity index (χ2v) is 6.64. The van der Waals surface area contributed by atoms with Crippen molar-refractivity contribution in [1.82, 2.24) is 34.6 Å². The van der Waals surface area contributed by atoms with Crippen molar-refractivity contribution >= 4 is 24.8 Å². The average Bonchev–Trinajstić information content (AvgIpc) is 3.21. The molecule has 1 N–H and O–H groups in total. The molecule has 7 nitrogen and oxygen atoms in total. The van der Waals surface area contributed by atoms with E-state index >= 15 is 0 Å². The molecule has 3 aromatic heterocycles. The summed E-state index contributed by atoms with van der Waals surface area (Å²) in [6, 6.07) is 5.84. The van der Waals surface area contributed by atoms with Crippen molar-refractivity contribution in [2.45, 2.75) is 45.6 Å². The van der Waals surface area contributed by atoms with E-state index in [4.69, 9.17) is 15.1 Å². The topological polar surface area (TPSA) is 73.5 Å². The largest absolute Gasteiger partial charge is 0.333 e. The molecule has 0 amide bonds. The Kier molecular flexibility index (Phi) is 8.41. The van der Waals surface area contributed by atoms with E-state index in [1.807, 2.05) is 22.9 Å². The lowest BCUT2D eigenvalue weighted by Gasteiger charge is -2.02. The van der Waals surface area contributed by atoms with Crippen molar-refractivity contribution in [2.75, 3.05) is 13.1 Å². The van der Waals surface area contributed by atoms with Gasteiger partial charge < -0.3 is 9.88 Å². The van der Waals surface area contributed by atoms with Crippen LogP contribution in [0.1, 0.15) is 37.8 Å². The lowest BCUT2D eigenvalue weighted by atomic mass is 10.2. The van der Waals surface area contributed by atoms with Crippen LogP contribution < -0.4 is 5.32 Å². The third kappa shape index (κ3) is 4.90. The number of imidazole rings is 1. The van der Waals surface area contributed by atoms with Gasteiger partial charge >= 0.3 is 0 Å². The highest BCUT2D eigenvalue weighted by Gasteiger charge is 2.19. The molecule has 0 saturated heterocycles. The van der Waals surface area contributed by atoms with Crippen LogP contribution in [0.15, 0.2) is 30.6 Å². The van der Waals surface area contributed by atoms with Crippen molar-refractivity contribution in [3.8, 4) is 17.3 Å². The maximum absolute atomic E-state index is 4.85. The molecule has 1 aliphatic rings. The molecule has 28 heavy (non-hydrogen) atoms. The van der Waals surface area contributed by atoms with Gasteiger partial charge in [-0.25, -0.2) is 15.0 Å². The molecule has 0 unspecified atom stereocenters. The summed E-state index contributed by atoms with van der Waals surface area (Å²) >= 11 is 0. The molecule has 0 radical (unpaired) electrons. The summed E-state index contributed by atoms with van der Waals surface area (Å²) in [5.41, 5.74) is 0.877. The van der Waals surface area contributed by atoms with Gasteiger partial charge in [0.1, 0.15) is 11.5 Å². The standard InChI is InChI=1S/C19H25N7.2ClH/c1-2-3-4-7-16-23-19(26(24-16)17-8-5-6-10-21-17)15-14-25-13-12-20-11-9-18(25)22-15;;/h5-6,8,10,14,20H,2-4,7,9,11-13H2,1H3;2*1H. The van der Waals surface area contributed by atoms with Gasteiger partial charge in [-0.05, 0) is 18.6 Å². The van der Waals surface area contributed by atoms with Gasteiger partial charge in [0.05, 0.1) is 0 Å². The first-order valence-corrected chi connectivity index (χ1v) is 9.49. The fraction of sp³-hybridized carbons (Fsp3) is 0.474. The zero-order valence-electron chi connectivity index (χ0n) is 16.0. The minimum Gasteiger partial charge on any atom is -0.333 e. The lowest BCUT2D eigenvalue weighted by Crippen LogP contribution is -2.17. The summed E-state index contributed by atoms with van der Waals surface area (Å²) in [5, 5.41) is 8.14. The Hall–Kier alpha value is -1.96. The zero-order valence-corrected chi connectivity index (χ0v) is 17.7. The van der Waals surface area contributed by atoms with Gasteiger partial charge in [-0.1, -0.05) is 25.8 Å². The zero-order chi connectivity index (χ0) is 17.8. The maximum Gasteiger partial charge on any atom is 0.185 e. The van der Waals surface area contributed by atoms with Crippen LogP contribution in [0.3, 0.4) is 0 Å². The highest BCUT2D eigenvalue weighted by atomic mass is 35.5.